The zero-order valence-corrected chi connectivity index (χ0v) is 18.9. The summed E-state index contributed by atoms with van der Waals surface area (Å²) < 4.78 is 5.41. The summed E-state index contributed by atoms with van der Waals surface area (Å²) in [5.74, 6) is 0.726. The summed E-state index contributed by atoms with van der Waals surface area (Å²) in [6, 6.07) is 7.25. The number of nitrogens with two attached hydrogens (primary N) is 1. The van der Waals surface area contributed by atoms with Gasteiger partial charge in [-0.15, -0.1) is 0 Å². The van der Waals surface area contributed by atoms with Crippen LogP contribution in [-0.4, -0.2) is 41.8 Å². The molecule has 2 aliphatic heterocycles. The molecule has 10 heteroatoms. The molecular formula is C23H22ClN7O2. The van der Waals surface area contributed by atoms with Crippen molar-refractivity contribution in [3.8, 4) is 5.69 Å². The summed E-state index contributed by atoms with van der Waals surface area (Å²) in [6.07, 6.45) is 5.15. The van der Waals surface area contributed by atoms with Gasteiger partial charge in [0.2, 0.25) is 5.71 Å². The van der Waals surface area contributed by atoms with Gasteiger partial charge in [-0.25, -0.2) is 4.98 Å². The second-order valence-corrected chi connectivity index (χ2v) is 9.36. The molecule has 4 aromatic rings. The molecule has 7 rings (SSSR count). The van der Waals surface area contributed by atoms with Crippen molar-refractivity contribution in [2.75, 3.05) is 5.73 Å². The molecule has 1 aliphatic carbocycles. The second kappa shape index (κ2) is 7.28. The van der Waals surface area contributed by atoms with Crippen LogP contribution in [0, 0.1) is 18.8 Å². The van der Waals surface area contributed by atoms with Crippen LogP contribution in [0.25, 0.3) is 16.9 Å². The number of carbonyl (C=O) groups is 1. The van der Waals surface area contributed by atoms with E-state index in [0.29, 0.717) is 33.4 Å². The fourth-order valence-corrected chi connectivity index (χ4v) is 5.54. The molecule has 33 heavy (non-hydrogen) atoms. The first kappa shape index (κ1) is 20.2. The lowest BCUT2D eigenvalue weighted by Crippen LogP contribution is -2.59. The van der Waals surface area contributed by atoms with E-state index in [9.17, 15) is 4.79 Å². The van der Waals surface area contributed by atoms with Crippen LogP contribution in [0.2, 0.25) is 5.02 Å². The van der Waals surface area contributed by atoms with Crippen molar-refractivity contribution in [1.82, 2.24) is 29.9 Å². The van der Waals surface area contributed by atoms with Crippen molar-refractivity contribution in [1.29, 1.82) is 0 Å². The van der Waals surface area contributed by atoms with Crippen molar-refractivity contribution >= 4 is 34.8 Å². The van der Waals surface area contributed by atoms with Gasteiger partial charge in [0.15, 0.2) is 0 Å². The lowest BCUT2D eigenvalue weighted by Gasteiger charge is -2.57. The summed E-state index contributed by atoms with van der Waals surface area (Å²) in [5, 5.41) is 8.94. The highest BCUT2D eigenvalue weighted by Gasteiger charge is 2.52. The topological polar surface area (TPSA) is 116 Å². The Morgan fingerprint density at radius 2 is 1.94 bits per heavy atom. The third-order valence-corrected chi connectivity index (χ3v) is 7.33. The van der Waals surface area contributed by atoms with Gasteiger partial charge >= 0.3 is 0 Å². The Balaban J connectivity index is 1.48. The fourth-order valence-electron chi connectivity index (χ4n) is 5.37. The SMILES string of the molecule is Cc1nc2oc(N)nc2cc1[C@H]1[C@@H](C)C2CC(C2)N1C(=O)c1cc(Cl)ccc1-n1nccn1. The van der Waals surface area contributed by atoms with Crippen LogP contribution in [0.4, 0.5) is 6.01 Å². The number of piperidine rings is 2. The quantitative estimate of drug-likeness (QED) is 0.488. The van der Waals surface area contributed by atoms with Crippen LogP contribution in [0.3, 0.4) is 0 Å². The van der Waals surface area contributed by atoms with Crippen molar-refractivity contribution < 1.29 is 9.21 Å². The third kappa shape index (κ3) is 3.10. The fraction of sp³-hybridized carbons (Fsp3) is 0.348. The molecule has 5 heterocycles. The predicted molar refractivity (Wildman–Crippen MR) is 122 cm³/mol. The number of hydrogen-bond acceptors (Lipinski definition) is 7. The number of nitrogens with zero attached hydrogens (tertiary/aromatic N) is 6. The Morgan fingerprint density at radius 1 is 1.18 bits per heavy atom. The maximum atomic E-state index is 14.1. The van der Waals surface area contributed by atoms with Gasteiger partial charge in [0.25, 0.3) is 11.9 Å². The highest BCUT2D eigenvalue weighted by atomic mass is 35.5. The van der Waals surface area contributed by atoms with E-state index in [4.69, 9.17) is 21.8 Å². The standard InChI is InChI=1S/C23H22ClN7O2/c1-11-13-7-15(8-13)30(20(11)16-10-18-21(28-12(16)2)33-23(25)29-18)22(32)17-9-14(24)3-4-19(17)31-26-5-6-27-31/h3-6,9-11,13,15,20H,7-8H2,1-2H3,(H2,25,29)/t11-,13?,15?,20+/m0/s1. The minimum atomic E-state index is -0.151. The zero-order valence-electron chi connectivity index (χ0n) is 18.1. The summed E-state index contributed by atoms with van der Waals surface area (Å²) in [5.41, 5.74) is 9.57. The number of anilines is 1. The number of fused-ring (bicyclic) bond motifs is 3. The number of carbonyl (C=O) groups excluding carboxylic acids is 1. The normalized spacial score (nSPS) is 24.2. The predicted octanol–water partition coefficient (Wildman–Crippen LogP) is 3.96. The van der Waals surface area contributed by atoms with E-state index >= 15 is 0 Å². The Morgan fingerprint density at radius 3 is 2.70 bits per heavy atom. The minimum Gasteiger partial charge on any atom is -0.405 e. The molecule has 2 saturated heterocycles. The summed E-state index contributed by atoms with van der Waals surface area (Å²) in [7, 11) is 0. The van der Waals surface area contributed by atoms with Gasteiger partial charge < -0.3 is 15.1 Å². The van der Waals surface area contributed by atoms with E-state index in [1.54, 1.807) is 30.6 Å². The maximum Gasteiger partial charge on any atom is 0.294 e. The van der Waals surface area contributed by atoms with Gasteiger partial charge in [0, 0.05) is 16.8 Å². The molecule has 2 atom stereocenters. The molecule has 0 spiro atoms. The Bertz CT molecular complexity index is 1380. The van der Waals surface area contributed by atoms with E-state index < -0.39 is 0 Å². The maximum absolute atomic E-state index is 14.1. The van der Waals surface area contributed by atoms with E-state index in [0.717, 1.165) is 24.1 Å². The molecule has 2 N–H and O–H groups in total. The molecule has 1 saturated carbocycles. The highest BCUT2D eigenvalue weighted by Crippen LogP contribution is 2.53. The molecule has 168 valence electrons. The number of aryl methyl sites for hydroxylation is 1. The first-order valence-corrected chi connectivity index (χ1v) is 11.3. The Hall–Kier alpha value is -3.46. The van der Waals surface area contributed by atoms with Gasteiger partial charge in [-0.3, -0.25) is 4.79 Å². The van der Waals surface area contributed by atoms with Gasteiger partial charge in [0.1, 0.15) is 5.52 Å². The molecule has 2 bridgehead atoms. The first-order valence-electron chi connectivity index (χ1n) is 10.9. The number of nitrogen functional groups attached to an aromatic ring is 1. The van der Waals surface area contributed by atoms with Crippen molar-refractivity contribution in [2.45, 2.75) is 38.8 Å². The average molecular weight is 464 g/mol. The Labute approximate surface area is 194 Å². The number of pyridine rings is 1. The summed E-state index contributed by atoms with van der Waals surface area (Å²) in [6.45, 7) is 4.14. The third-order valence-electron chi connectivity index (χ3n) is 7.09. The van der Waals surface area contributed by atoms with Gasteiger partial charge in [0.05, 0.1) is 29.7 Å². The van der Waals surface area contributed by atoms with Gasteiger partial charge in [-0.05, 0) is 61.4 Å². The van der Waals surface area contributed by atoms with Gasteiger partial charge in [-0.2, -0.15) is 20.0 Å². The summed E-state index contributed by atoms with van der Waals surface area (Å²) >= 11 is 6.32. The van der Waals surface area contributed by atoms with Crippen LogP contribution in [0.15, 0.2) is 41.1 Å². The zero-order chi connectivity index (χ0) is 22.9. The molecule has 0 unspecified atom stereocenters. The number of oxazole rings is 1. The number of aromatic nitrogens is 5. The van der Waals surface area contributed by atoms with Crippen LogP contribution >= 0.6 is 11.6 Å². The molecule has 1 amide bonds. The van der Waals surface area contributed by atoms with E-state index in [2.05, 4.69) is 27.1 Å². The lowest BCUT2D eigenvalue weighted by atomic mass is 9.63. The molecule has 3 aromatic heterocycles. The molecule has 0 radical (unpaired) electrons. The van der Waals surface area contributed by atoms with Crippen LogP contribution in [0.5, 0.6) is 0 Å². The molecule has 3 fully saturated rings. The van der Waals surface area contributed by atoms with E-state index in [1.807, 2.05) is 17.9 Å². The number of benzene rings is 1. The number of amides is 1. The highest BCUT2D eigenvalue weighted by molar-refractivity contribution is 6.31. The van der Waals surface area contributed by atoms with Crippen LogP contribution in [-0.2, 0) is 0 Å². The monoisotopic (exact) mass is 463 g/mol. The average Bonchev–Trinajstić information content (AvgIpc) is 3.40. The molecule has 3 aliphatic rings. The largest absolute Gasteiger partial charge is 0.405 e. The van der Waals surface area contributed by atoms with E-state index in [1.165, 1.54) is 4.80 Å². The number of hydrogen-bond donors (Lipinski definition) is 1. The lowest BCUT2D eigenvalue weighted by molar-refractivity contribution is -0.0565. The van der Waals surface area contributed by atoms with Crippen molar-refractivity contribution in [3.63, 3.8) is 0 Å². The number of halogens is 1. The molecular weight excluding hydrogens is 442 g/mol. The van der Waals surface area contributed by atoms with Crippen molar-refractivity contribution in [2.24, 2.45) is 11.8 Å². The minimum absolute atomic E-state index is 0.0804. The van der Waals surface area contributed by atoms with Crippen LogP contribution in [0.1, 0.15) is 47.4 Å². The van der Waals surface area contributed by atoms with Gasteiger partial charge in [-0.1, -0.05) is 18.5 Å². The van der Waals surface area contributed by atoms with Crippen molar-refractivity contribution in [3.05, 3.63) is 58.5 Å². The second-order valence-electron chi connectivity index (χ2n) is 8.92. The van der Waals surface area contributed by atoms with E-state index in [-0.39, 0.29) is 29.9 Å². The van der Waals surface area contributed by atoms with Crippen LogP contribution < -0.4 is 5.73 Å². The smallest absolute Gasteiger partial charge is 0.294 e. The first-order chi connectivity index (χ1) is 15.9. The Kier molecular flexibility index (Phi) is 4.45. The molecule has 9 nitrogen and oxygen atoms in total. The molecule has 1 aromatic carbocycles. The summed E-state index contributed by atoms with van der Waals surface area (Å²) in [4.78, 5) is 26.4. The number of rotatable bonds is 3.